The second kappa shape index (κ2) is 7.01. The van der Waals surface area contributed by atoms with Crippen molar-refractivity contribution in [3.8, 4) is 0 Å². The third-order valence-electron chi connectivity index (χ3n) is 2.54. The van der Waals surface area contributed by atoms with E-state index in [2.05, 4.69) is 20.5 Å². The van der Waals surface area contributed by atoms with Crippen molar-refractivity contribution in [1.82, 2.24) is 20.5 Å². The SMILES string of the molecule is CCc1nc(C(=O)NCCCC(C)CO)n[nH]1. The molecule has 0 saturated carbocycles. The lowest BCUT2D eigenvalue weighted by atomic mass is 10.1. The quantitative estimate of drug-likeness (QED) is 0.605. The summed E-state index contributed by atoms with van der Waals surface area (Å²) >= 11 is 0. The van der Waals surface area contributed by atoms with Gasteiger partial charge in [-0.1, -0.05) is 13.8 Å². The monoisotopic (exact) mass is 240 g/mol. The molecule has 1 rings (SSSR count). The van der Waals surface area contributed by atoms with Crippen molar-refractivity contribution in [3.05, 3.63) is 11.6 Å². The Kier molecular flexibility index (Phi) is 5.62. The van der Waals surface area contributed by atoms with Crippen molar-refractivity contribution in [3.63, 3.8) is 0 Å². The van der Waals surface area contributed by atoms with Crippen molar-refractivity contribution >= 4 is 5.91 Å². The fourth-order valence-corrected chi connectivity index (χ4v) is 1.38. The molecule has 0 aliphatic carbocycles. The van der Waals surface area contributed by atoms with Gasteiger partial charge < -0.3 is 10.4 Å². The van der Waals surface area contributed by atoms with E-state index in [0.29, 0.717) is 12.4 Å². The van der Waals surface area contributed by atoms with E-state index >= 15 is 0 Å². The van der Waals surface area contributed by atoms with Gasteiger partial charge in [-0.2, -0.15) is 0 Å². The Labute approximate surface area is 101 Å². The van der Waals surface area contributed by atoms with E-state index in [1.54, 1.807) is 0 Å². The summed E-state index contributed by atoms with van der Waals surface area (Å²) in [6.45, 7) is 4.69. The van der Waals surface area contributed by atoms with Gasteiger partial charge in [0.25, 0.3) is 5.91 Å². The van der Waals surface area contributed by atoms with E-state index in [0.717, 1.165) is 19.3 Å². The van der Waals surface area contributed by atoms with Gasteiger partial charge in [-0.3, -0.25) is 9.89 Å². The lowest BCUT2D eigenvalue weighted by molar-refractivity contribution is 0.0942. The molecule has 0 spiro atoms. The van der Waals surface area contributed by atoms with E-state index in [1.165, 1.54) is 0 Å². The number of aliphatic hydroxyl groups excluding tert-OH is 1. The van der Waals surface area contributed by atoms with Crippen LogP contribution in [-0.2, 0) is 6.42 Å². The molecule has 0 aliphatic heterocycles. The molecule has 0 fully saturated rings. The number of hydrogen-bond acceptors (Lipinski definition) is 4. The Hall–Kier alpha value is -1.43. The normalized spacial score (nSPS) is 12.4. The summed E-state index contributed by atoms with van der Waals surface area (Å²) in [5.41, 5.74) is 0. The molecule has 0 saturated heterocycles. The summed E-state index contributed by atoms with van der Waals surface area (Å²) in [4.78, 5) is 15.6. The zero-order chi connectivity index (χ0) is 12.7. The van der Waals surface area contributed by atoms with Crippen molar-refractivity contribution in [2.75, 3.05) is 13.2 Å². The number of aliphatic hydroxyl groups is 1. The maximum absolute atomic E-state index is 11.6. The number of nitrogens with one attached hydrogen (secondary N) is 2. The lowest BCUT2D eigenvalue weighted by Gasteiger charge is -2.07. The molecule has 1 unspecified atom stereocenters. The largest absolute Gasteiger partial charge is 0.396 e. The maximum atomic E-state index is 11.6. The summed E-state index contributed by atoms with van der Waals surface area (Å²) in [5.74, 6) is 0.931. The molecule has 0 bridgehead atoms. The first-order chi connectivity index (χ1) is 8.17. The molecule has 17 heavy (non-hydrogen) atoms. The number of aromatic amines is 1. The number of aromatic nitrogens is 3. The van der Waals surface area contributed by atoms with Crippen LogP contribution in [0.25, 0.3) is 0 Å². The second-order valence-electron chi connectivity index (χ2n) is 4.15. The average molecular weight is 240 g/mol. The topological polar surface area (TPSA) is 90.9 Å². The van der Waals surface area contributed by atoms with Crippen molar-refractivity contribution in [1.29, 1.82) is 0 Å². The highest BCUT2D eigenvalue weighted by atomic mass is 16.3. The van der Waals surface area contributed by atoms with Gasteiger partial charge in [-0.05, 0) is 18.8 Å². The number of carbonyl (C=O) groups excluding carboxylic acids is 1. The minimum atomic E-state index is -0.252. The average Bonchev–Trinajstić information content (AvgIpc) is 2.82. The lowest BCUT2D eigenvalue weighted by Crippen LogP contribution is -2.26. The summed E-state index contributed by atoms with van der Waals surface area (Å²) in [5, 5.41) is 18.1. The minimum Gasteiger partial charge on any atom is -0.396 e. The van der Waals surface area contributed by atoms with E-state index in [1.807, 2.05) is 13.8 Å². The van der Waals surface area contributed by atoms with Gasteiger partial charge in [0.1, 0.15) is 5.82 Å². The molecule has 1 atom stereocenters. The van der Waals surface area contributed by atoms with Crippen molar-refractivity contribution < 1.29 is 9.90 Å². The third-order valence-corrected chi connectivity index (χ3v) is 2.54. The van der Waals surface area contributed by atoms with E-state index in [9.17, 15) is 4.79 Å². The number of hydrogen-bond donors (Lipinski definition) is 3. The van der Waals surface area contributed by atoms with Crippen molar-refractivity contribution in [2.45, 2.75) is 33.1 Å². The molecular weight excluding hydrogens is 220 g/mol. The zero-order valence-corrected chi connectivity index (χ0v) is 10.4. The maximum Gasteiger partial charge on any atom is 0.290 e. The van der Waals surface area contributed by atoms with Gasteiger partial charge in [0, 0.05) is 19.6 Å². The molecule has 1 heterocycles. The van der Waals surface area contributed by atoms with Crippen LogP contribution in [0.5, 0.6) is 0 Å². The van der Waals surface area contributed by atoms with Crippen LogP contribution in [0.4, 0.5) is 0 Å². The van der Waals surface area contributed by atoms with Gasteiger partial charge in [-0.25, -0.2) is 4.98 Å². The number of amides is 1. The summed E-state index contributed by atoms with van der Waals surface area (Å²) < 4.78 is 0. The van der Waals surface area contributed by atoms with E-state index in [-0.39, 0.29) is 24.3 Å². The first-order valence-corrected chi connectivity index (χ1v) is 5.97. The second-order valence-corrected chi connectivity index (χ2v) is 4.15. The van der Waals surface area contributed by atoms with E-state index in [4.69, 9.17) is 5.11 Å². The van der Waals surface area contributed by atoms with Crippen LogP contribution in [0.1, 0.15) is 43.1 Å². The predicted molar refractivity (Wildman–Crippen MR) is 63.6 cm³/mol. The van der Waals surface area contributed by atoms with Crippen LogP contribution >= 0.6 is 0 Å². The molecule has 96 valence electrons. The summed E-state index contributed by atoms with van der Waals surface area (Å²) in [7, 11) is 0. The Morgan fingerprint density at radius 1 is 1.59 bits per heavy atom. The van der Waals surface area contributed by atoms with E-state index < -0.39 is 0 Å². The van der Waals surface area contributed by atoms with Gasteiger partial charge in [0.2, 0.25) is 5.82 Å². The molecule has 3 N–H and O–H groups in total. The van der Waals surface area contributed by atoms with Crippen LogP contribution in [-0.4, -0.2) is 39.3 Å². The van der Waals surface area contributed by atoms with Crippen LogP contribution in [0.2, 0.25) is 0 Å². The first-order valence-electron chi connectivity index (χ1n) is 5.97. The first kappa shape index (κ1) is 13.6. The Balaban J connectivity index is 2.25. The molecule has 0 radical (unpaired) electrons. The van der Waals surface area contributed by atoms with Crippen LogP contribution < -0.4 is 5.32 Å². The predicted octanol–water partition coefficient (Wildman–Crippen LogP) is 0.505. The number of rotatable bonds is 7. The van der Waals surface area contributed by atoms with Gasteiger partial charge >= 0.3 is 0 Å². The molecule has 1 aromatic heterocycles. The molecule has 0 aromatic carbocycles. The fraction of sp³-hybridized carbons (Fsp3) is 0.727. The molecule has 0 aliphatic rings. The zero-order valence-electron chi connectivity index (χ0n) is 10.4. The molecule has 1 amide bonds. The van der Waals surface area contributed by atoms with Crippen LogP contribution in [0.3, 0.4) is 0 Å². The summed E-state index contributed by atoms with van der Waals surface area (Å²) in [6, 6.07) is 0. The molecular formula is C11H20N4O2. The summed E-state index contributed by atoms with van der Waals surface area (Å²) in [6.07, 6.45) is 2.47. The molecule has 1 aromatic rings. The number of nitrogens with zero attached hydrogens (tertiary/aromatic N) is 2. The minimum absolute atomic E-state index is 0.189. The fourth-order valence-electron chi connectivity index (χ4n) is 1.38. The van der Waals surface area contributed by atoms with Gasteiger partial charge in [-0.15, -0.1) is 5.10 Å². The van der Waals surface area contributed by atoms with Gasteiger partial charge in [0.05, 0.1) is 0 Å². The highest BCUT2D eigenvalue weighted by molar-refractivity contribution is 5.90. The highest BCUT2D eigenvalue weighted by Gasteiger charge is 2.10. The molecule has 6 nitrogen and oxygen atoms in total. The highest BCUT2D eigenvalue weighted by Crippen LogP contribution is 2.02. The number of carbonyl (C=O) groups is 1. The molecule has 6 heteroatoms. The van der Waals surface area contributed by atoms with Crippen molar-refractivity contribution in [2.24, 2.45) is 5.92 Å². The number of H-pyrrole nitrogens is 1. The smallest absolute Gasteiger partial charge is 0.290 e. The van der Waals surface area contributed by atoms with Gasteiger partial charge in [0.15, 0.2) is 0 Å². The Bertz CT molecular complexity index is 351. The van der Waals surface area contributed by atoms with Crippen LogP contribution in [0, 0.1) is 5.92 Å². The Morgan fingerprint density at radius 2 is 2.35 bits per heavy atom. The van der Waals surface area contributed by atoms with Crippen LogP contribution in [0.15, 0.2) is 0 Å². The Morgan fingerprint density at radius 3 is 2.94 bits per heavy atom. The third kappa shape index (κ3) is 4.52. The standard InChI is InChI=1S/C11H20N4O2/c1-3-9-13-10(15-14-9)11(17)12-6-4-5-8(2)7-16/h8,16H,3-7H2,1-2H3,(H,12,17)(H,13,14,15). The number of aryl methyl sites for hydroxylation is 1.